The summed E-state index contributed by atoms with van der Waals surface area (Å²) in [6.45, 7) is 4.50. The predicted molar refractivity (Wildman–Crippen MR) is 80.2 cm³/mol. The maximum atomic E-state index is 10.6. The van der Waals surface area contributed by atoms with Crippen LogP contribution in [0.5, 0.6) is 0 Å². The van der Waals surface area contributed by atoms with Gasteiger partial charge in [-0.25, -0.2) is 0 Å². The van der Waals surface area contributed by atoms with Crippen molar-refractivity contribution in [3.63, 3.8) is 0 Å². The van der Waals surface area contributed by atoms with Gasteiger partial charge in [0.1, 0.15) is 0 Å². The molecule has 0 atom stereocenters. The largest absolute Gasteiger partial charge is 0.390 e. The molecule has 19 heavy (non-hydrogen) atoms. The van der Waals surface area contributed by atoms with Gasteiger partial charge in [0, 0.05) is 6.42 Å². The summed E-state index contributed by atoms with van der Waals surface area (Å²) in [5, 5.41) is 13.2. The monoisotopic (exact) mass is 254 g/mol. The van der Waals surface area contributed by atoms with Crippen molar-refractivity contribution in [1.82, 2.24) is 0 Å². The zero-order valence-electron chi connectivity index (χ0n) is 11.8. The molecule has 0 amide bonds. The van der Waals surface area contributed by atoms with E-state index in [4.69, 9.17) is 0 Å². The maximum absolute atomic E-state index is 10.6. The van der Waals surface area contributed by atoms with Gasteiger partial charge in [0.2, 0.25) is 0 Å². The van der Waals surface area contributed by atoms with Crippen LogP contribution in [0.2, 0.25) is 0 Å². The molecule has 100 valence electrons. The first-order chi connectivity index (χ1) is 9.07. The van der Waals surface area contributed by atoms with Crippen LogP contribution in [0.3, 0.4) is 0 Å². The second-order valence-electron chi connectivity index (χ2n) is 6.45. The summed E-state index contributed by atoms with van der Waals surface area (Å²) >= 11 is 0. The van der Waals surface area contributed by atoms with Crippen LogP contribution in [0.1, 0.15) is 32.3 Å². The summed E-state index contributed by atoms with van der Waals surface area (Å²) in [6.07, 6.45) is 2.69. The molecular weight excluding hydrogens is 232 g/mol. The lowest BCUT2D eigenvalue weighted by Crippen LogP contribution is -2.47. The van der Waals surface area contributed by atoms with E-state index in [1.54, 1.807) is 0 Å². The zero-order valence-corrected chi connectivity index (χ0v) is 11.8. The molecule has 1 aliphatic carbocycles. The molecule has 0 saturated heterocycles. The molecule has 0 radical (unpaired) electrons. The molecule has 1 aliphatic rings. The summed E-state index contributed by atoms with van der Waals surface area (Å²) in [4.78, 5) is 0. The molecule has 1 N–H and O–H groups in total. The van der Waals surface area contributed by atoms with E-state index in [0.717, 1.165) is 19.3 Å². The third-order valence-electron chi connectivity index (χ3n) is 4.63. The normalized spacial score (nSPS) is 26.6. The molecule has 1 saturated carbocycles. The summed E-state index contributed by atoms with van der Waals surface area (Å²) in [6, 6.07) is 14.8. The van der Waals surface area contributed by atoms with Crippen molar-refractivity contribution in [3.05, 3.63) is 48.0 Å². The van der Waals surface area contributed by atoms with Gasteiger partial charge in [-0.2, -0.15) is 0 Å². The minimum Gasteiger partial charge on any atom is -0.390 e. The lowest BCUT2D eigenvalue weighted by Gasteiger charge is -2.46. The van der Waals surface area contributed by atoms with E-state index in [1.165, 1.54) is 16.3 Å². The summed E-state index contributed by atoms with van der Waals surface area (Å²) in [5.74, 6) is 1.38. The molecular formula is C18H22O. The van der Waals surface area contributed by atoms with Gasteiger partial charge in [0.15, 0.2) is 0 Å². The number of fused-ring (bicyclic) bond motifs is 1. The maximum Gasteiger partial charge on any atom is 0.0693 e. The average molecular weight is 254 g/mol. The smallest absolute Gasteiger partial charge is 0.0693 e. The minimum atomic E-state index is -0.473. The Labute approximate surface area is 115 Å². The molecule has 0 heterocycles. The zero-order chi connectivity index (χ0) is 13.5. The first kappa shape index (κ1) is 12.7. The molecule has 0 spiro atoms. The predicted octanol–water partition coefficient (Wildman–Crippen LogP) is 4.18. The van der Waals surface area contributed by atoms with Crippen LogP contribution in [-0.2, 0) is 6.42 Å². The topological polar surface area (TPSA) is 20.2 Å². The van der Waals surface area contributed by atoms with E-state index in [0.29, 0.717) is 11.8 Å². The Kier molecular flexibility index (Phi) is 3.10. The van der Waals surface area contributed by atoms with Crippen molar-refractivity contribution < 1.29 is 5.11 Å². The summed E-state index contributed by atoms with van der Waals surface area (Å²) in [7, 11) is 0. The van der Waals surface area contributed by atoms with Crippen LogP contribution >= 0.6 is 0 Å². The number of rotatable bonds is 3. The second kappa shape index (κ2) is 4.64. The Morgan fingerprint density at radius 1 is 1.11 bits per heavy atom. The molecule has 3 rings (SSSR count). The van der Waals surface area contributed by atoms with E-state index in [2.05, 4.69) is 56.3 Å². The van der Waals surface area contributed by atoms with E-state index in [-0.39, 0.29) is 0 Å². The van der Waals surface area contributed by atoms with Crippen molar-refractivity contribution in [2.24, 2.45) is 11.8 Å². The molecule has 0 aromatic heterocycles. The van der Waals surface area contributed by atoms with Gasteiger partial charge < -0.3 is 5.11 Å². The molecule has 1 nitrogen and oxygen atoms in total. The van der Waals surface area contributed by atoms with Crippen LogP contribution < -0.4 is 0 Å². The Morgan fingerprint density at radius 2 is 1.79 bits per heavy atom. The van der Waals surface area contributed by atoms with E-state index in [9.17, 15) is 5.11 Å². The van der Waals surface area contributed by atoms with Crippen molar-refractivity contribution in [3.8, 4) is 0 Å². The Bertz CT molecular complexity index is 574. The fourth-order valence-corrected chi connectivity index (χ4v) is 3.33. The molecule has 1 fully saturated rings. The van der Waals surface area contributed by atoms with Crippen LogP contribution in [0.15, 0.2) is 42.5 Å². The van der Waals surface area contributed by atoms with Gasteiger partial charge in [0.05, 0.1) is 5.60 Å². The lowest BCUT2D eigenvalue weighted by atomic mass is 9.64. The van der Waals surface area contributed by atoms with Gasteiger partial charge in [-0.1, -0.05) is 56.3 Å². The van der Waals surface area contributed by atoms with Crippen LogP contribution in [0.25, 0.3) is 10.8 Å². The van der Waals surface area contributed by atoms with Crippen LogP contribution in [0.4, 0.5) is 0 Å². The number of benzene rings is 2. The van der Waals surface area contributed by atoms with Gasteiger partial charge in [0.25, 0.3) is 0 Å². The fraction of sp³-hybridized carbons (Fsp3) is 0.444. The highest BCUT2D eigenvalue weighted by Gasteiger charge is 2.43. The molecule has 0 aliphatic heterocycles. The highest BCUT2D eigenvalue weighted by Crippen LogP contribution is 2.44. The average Bonchev–Trinajstić information content (AvgIpc) is 2.36. The van der Waals surface area contributed by atoms with Crippen molar-refractivity contribution in [1.29, 1.82) is 0 Å². The minimum absolute atomic E-state index is 0.473. The van der Waals surface area contributed by atoms with E-state index >= 15 is 0 Å². The van der Waals surface area contributed by atoms with E-state index < -0.39 is 5.60 Å². The number of hydrogen-bond donors (Lipinski definition) is 1. The van der Waals surface area contributed by atoms with E-state index in [1.807, 2.05) is 0 Å². The quantitative estimate of drug-likeness (QED) is 0.871. The SMILES string of the molecule is CC(C)C1CC(O)(Cc2cccc3ccccc23)C1. The molecule has 2 aromatic carbocycles. The standard InChI is InChI=1S/C18H22O/c1-13(2)16-11-18(19,12-16)10-15-8-5-7-14-6-3-4-9-17(14)15/h3-9,13,16,19H,10-12H2,1-2H3. The number of aliphatic hydroxyl groups is 1. The third-order valence-corrected chi connectivity index (χ3v) is 4.63. The Hall–Kier alpha value is -1.34. The summed E-state index contributed by atoms with van der Waals surface area (Å²) < 4.78 is 0. The fourth-order valence-electron chi connectivity index (χ4n) is 3.33. The van der Waals surface area contributed by atoms with Gasteiger partial charge in [-0.05, 0) is 41.0 Å². The molecule has 2 aromatic rings. The highest BCUT2D eigenvalue weighted by atomic mass is 16.3. The molecule has 0 bridgehead atoms. The van der Waals surface area contributed by atoms with Crippen LogP contribution in [0, 0.1) is 11.8 Å². The van der Waals surface area contributed by atoms with Gasteiger partial charge >= 0.3 is 0 Å². The lowest BCUT2D eigenvalue weighted by molar-refractivity contribution is -0.0858. The first-order valence-electron chi connectivity index (χ1n) is 7.26. The van der Waals surface area contributed by atoms with Crippen LogP contribution in [-0.4, -0.2) is 10.7 Å². The highest BCUT2D eigenvalue weighted by molar-refractivity contribution is 5.85. The summed E-state index contributed by atoms with van der Waals surface area (Å²) in [5.41, 5.74) is 0.807. The first-order valence-corrected chi connectivity index (χ1v) is 7.26. The molecule has 0 unspecified atom stereocenters. The third kappa shape index (κ3) is 2.40. The van der Waals surface area contributed by atoms with Crippen molar-refractivity contribution in [2.45, 2.75) is 38.7 Å². The van der Waals surface area contributed by atoms with Gasteiger partial charge in [-0.3, -0.25) is 0 Å². The Balaban J connectivity index is 1.83. The second-order valence-corrected chi connectivity index (χ2v) is 6.45. The van der Waals surface area contributed by atoms with Gasteiger partial charge in [-0.15, -0.1) is 0 Å². The number of hydrogen-bond acceptors (Lipinski definition) is 1. The van der Waals surface area contributed by atoms with Crippen molar-refractivity contribution >= 4 is 10.8 Å². The molecule has 1 heteroatoms. The van der Waals surface area contributed by atoms with Crippen molar-refractivity contribution in [2.75, 3.05) is 0 Å². The Morgan fingerprint density at radius 3 is 2.53 bits per heavy atom.